The molecule has 0 aliphatic carbocycles. The van der Waals surface area contributed by atoms with E-state index in [-0.39, 0.29) is 29.6 Å². The first-order valence-electron chi connectivity index (χ1n) is 3.06. The largest absolute Gasteiger partial charge is 1.00 e. The average molecular weight is 291 g/mol. The van der Waals surface area contributed by atoms with Crippen LogP contribution in [-0.2, 0) is 10.4 Å². The van der Waals surface area contributed by atoms with Gasteiger partial charge in [0.05, 0.1) is 0 Å². The second-order valence-corrected chi connectivity index (χ2v) is 3.89. The number of hydrogen-bond acceptors (Lipinski definition) is 2. The zero-order valence-corrected chi connectivity index (χ0v) is 11.9. The second-order valence-electron chi connectivity index (χ2n) is 2.07. The molecule has 14 heavy (non-hydrogen) atoms. The number of rotatable bonds is 0. The van der Waals surface area contributed by atoms with Crippen LogP contribution >= 0.6 is 15.9 Å². The van der Waals surface area contributed by atoms with E-state index in [1.807, 2.05) is 24.3 Å². The minimum Gasteiger partial charge on any atom is -0.264 e. The summed E-state index contributed by atoms with van der Waals surface area (Å²) in [6, 6.07) is 7.87. The van der Waals surface area contributed by atoms with E-state index in [0.29, 0.717) is 0 Å². The Hall–Kier alpha value is 0.440. The van der Waals surface area contributed by atoms with Crippen molar-refractivity contribution in [3.8, 4) is 0 Å². The zero-order chi connectivity index (χ0) is 10.5. The summed E-state index contributed by atoms with van der Waals surface area (Å²) in [5.74, 6) is 0. The maximum atomic E-state index is 8.74. The van der Waals surface area contributed by atoms with Gasteiger partial charge in [-0.1, -0.05) is 15.9 Å². The quantitative estimate of drug-likeness (QED) is 0.365. The fraction of sp³-hybridized carbons (Fsp3) is 0. The fourth-order valence-corrected chi connectivity index (χ4v) is 0.749. The summed E-state index contributed by atoms with van der Waals surface area (Å²) in [5.41, 5.74) is 1.05. The van der Waals surface area contributed by atoms with Crippen molar-refractivity contribution in [2.45, 2.75) is 0 Å². The molecule has 0 radical (unpaired) electrons. The van der Waals surface area contributed by atoms with E-state index < -0.39 is 10.4 Å². The summed E-state index contributed by atoms with van der Waals surface area (Å²) in [5, 5.41) is 0. The Balaban J connectivity index is 0. The van der Waals surface area contributed by atoms with Crippen LogP contribution in [0.25, 0.3) is 0 Å². The van der Waals surface area contributed by atoms with Crippen LogP contribution in [0, 0.1) is 6.92 Å². The summed E-state index contributed by atoms with van der Waals surface area (Å²) in [4.78, 5) is 0. The van der Waals surface area contributed by atoms with Crippen molar-refractivity contribution in [1.82, 2.24) is 0 Å². The van der Waals surface area contributed by atoms with Crippen LogP contribution in [0.2, 0.25) is 0 Å². The van der Waals surface area contributed by atoms with Crippen molar-refractivity contribution in [1.29, 1.82) is 0 Å². The maximum Gasteiger partial charge on any atom is 1.00 e. The molecule has 0 bridgehead atoms. The van der Waals surface area contributed by atoms with Crippen LogP contribution in [0.4, 0.5) is 0 Å². The molecule has 0 saturated heterocycles. The molecule has 0 unspecified atom stereocenters. The molecule has 0 heterocycles. The Bertz CT molecular complexity index is 319. The standard InChI is InChI=1S/C7H6Br.Na.H2O4S/c1-6-2-4-7(8)5-3-6;;1-5(2,3)4/h2-5H,1H2;;(H2,1,2,3,4)/q-1;+1;. The van der Waals surface area contributed by atoms with E-state index in [4.69, 9.17) is 17.5 Å². The number of halogens is 1. The Morgan fingerprint density at radius 2 is 1.43 bits per heavy atom. The first kappa shape index (κ1) is 16.9. The smallest absolute Gasteiger partial charge is 0.264 e. The van der Waals surface area contributed by atoms with Gasteiger partial charge < -0.3 is 0 Å². The first-order chi connectivity index (χ1) is 5.79. The Morgan fingerprint density at radius 1 is 1.14 bits per heavy atom. The van der Waals surface area contributed by atoms with Crippen molar-refractivity contribution in [3.63, 3.8) is 0 Å². The molecule has 0 amide bonds. The molecule has 2 N–H and O–H groups in total. The number of benzene rings is 1. The van der Waals surface area contributed by atoms with Crippen molar-refractivity contribution in [2.24, 2.45) is 0 Å². The van der Waals surface area contributed by atoms with Gasteiger partial charge in [0.15, 0.2) is 0 Å². The van der Waals surface area contributed by atoms with Crippen molar-refractivity contribution in [3.05, 3.63) is 41.2 Å². The van der Waals surface area contributed by atoms with Crippen LogP contribution < -0.4 is 29.6 Å². The third-order valence-corrected chi connectivity index (χ3v) is 1.44. The van der Waals surface area contributed by atoms with Crippen LogP contribution in [0.1, 0.15) is 5.56 Å². The summed E-state index contributed by atoms with van der Waals surface area (Å²) in [6.07, 6.45) is 0. The number of hydrogen-bond donors (Lipinski definition) is 2. The third kappa shape index (κ3) is 14.9. The van der Waals surface area contributed by atoms with Gasteiger partial charge in [-0.05, 0) is 4.47 Å². The van der Waals surface area contributed by atoms with Gasteiger partial charge >= 0.3 is 40.0 Å². The minimum absolute atomic E-state index is 0. The van der Waals surface area contributed by atoms with E-state index in [1.165, 1.54) is 0 Å². The first-order valence-corrected chi connectivity index (χ1v) is 5.25. The third-order valence-electron chi connectivity index (χ3n) is 0.913. The van der Waals surface area contributed by atoms with E-state index in [2.05, 4.69) is 22.9 Å². The van der Waals surface area contributed by atoms with Crippen molar-refractivity contribution < 1.29 is 47.1 Å². The van der Waals surface area contributed by atoms with E-state index >= 15 is 0 Å². The summed E-state index contributed by atoms with van der Waals surface area (Å²) in [7, 11) is -4.67. The molecule has 1 aromatic rings. The molecule has 0 aliphatic heterocycles. The molecule has 74 valence electrons. The average Bonchev–Trinajstić information content (AvgIpc) is 1.92. The van der Waals surface area contributed by atoms with Crippen molar-refractivity contribution in [2.75, 3.05) is 0 Å². The predicted molar refractivity (Wildman–Crippen MR) is 52.8 cm³/mol. The van der Waals surface area contributed by atoms with Gasteiger partial charge in [-0.25, -0.2) is 0 Å². The SMILES string of the molecule is O=S(=O)(O)O.[CH2-]c1ccc(Br)cc1.[Na+]. The van der Waals surface area contributed by atoms with E-state index in [1.54, 1.807) is 0 Å². The van der Waals surface area contributed by atoms with E-state index in [0.717, 1.165) is 10.0 Å². The Labute approximate surface area is 114 Å². The normalized spacial score (nSPS) is 9.36. The summed E-state index contributed by atoms with van der Waals surface area (Å²) in [6.45, 7) is 3.74. The molecular formula is C7H8BrNaO4S. The molecular weight excluding hydrogens is 283 g/mol. The zero-order valence-electron chi connectivity index (χ0n) is 7.51. The molecule has 0 fully saturated rings. The Morgan fingerprint density at radius 3 is 1.64 bits per heavy atom. The monoisotopic (exact) mass is 290 g/mol. The van der Waals surface area contributed by atoms with Gasteiger partial charge in [0, 0.05) is 0 Å². The molecule has 4 nitrogen and oxygen atoms in total. The molecule has 1 rings (SSSR count). The molecule has 0 atom stereocenters. The molecule has 0 aromatic heterocycles. The summed E-state index contributed by atoms with van der Waals surface area (Å²) >= 11 is 3.32. The van der Waals surface area contributed by atoms with Crippen LogP contribution in [0.15, 0.2) is 28.7 Å². The molecule has 7 heteroatoms. The van der Waals surface area contributed by atoms with Crippen LogP contribution in [-0.4, -0.2) is 17.5 Å². The molecule has 0 aliphatic rings. The minimum atomic E-state index is -4.67. The van der Waals surface area contributed by atoms with Gasteiger partial charge in [-0.3, -0.25) is 9.11 Å². The molecule has 0 spiro atoms. The maximum absolute atomic E-state index is 8.74. The van der Waals surface area contributed by atoms with Gasteiger partial charge in [-0.15, -0.1) is 12.1 Å². The molecule has 0 saturated carbocycles. The fourth-order valence-electron chi connectivity index (χ4n) is 0.484. The van der Waals surface area contributed by atoms with Crippen molar-refractivity contribution >= 4 is 26.3 Å². The topological polar surface area (TPSA) is 74.6 Å². The van der Waals surface area contributed by atoms with E-state index in [9.17, 15) is 0 Å². The summed E-state index contributed by atoms with van der Waals surface area (Å²) < 4.78 is 32.7. The Kier molecular flexibility index (Phi) is 9.26. The van der Waals surface area contributed by atoms with Gasteiger partial charge in [0.1, 0.15) is 0 Å². The van der Waals surface area contributed by atoms with Gasteiger partial charge in [0.25, 0.3) is 0 Å². The molecule has 1 aromatic carbocycles. The van der Waals surface area contributed by atoms with Gasteiger partial charge in [-0.2, -0.15) is 33.0 Å². The van der Waals surface area contributed by atoms with Gasteiger partial charge in [0.2, 0.25) is 0 Å². The second kappa shape index (κ2) is 7.70. The van der Waals surface area contributed by atoms with Crippen LogP contribution in [0.5, 0.6) is 0 Å². The van der Waals surface area contributed by atoms with Crippen LogP contribution in [0.3, 0.4) is 0 Å². The predicted octanol–water partition coefficient (Wildman–Crippen LogP) is -1.02.